The molecule has 4 aromatic carbocycles. The molecule has 0 N–H and O–H groups in total. The lowest BCUT2D eigenvalue weighted by atomic mass is 9.64. The molecule has 0 spiro atoms. The van der Waals surface area contributed by atoms with Crippen molar-refractivity contribution in [1.82, 2.24) is 0 Å². The number of carbonyl (C=O) groups excluding carboxylic acids is 2. The van der Waals surface area contributed by atoms with E-state index in [-0.39, 0.29) is 11.6 Å². The van der Waals surface area contributed by atoms with Crippen molar-refractivity contribution in [2.24, 2.45) is 21.7 Å². The number of ketones is 2. The number of allylic oxidation sites excluding steroid dienone is 4. The van der Waals surface area contributed by atoms with Crippen LogP contribution in [0, 0.1) is 21.7 Å². The second-order valence-corrected chi connectivity index (χ2v) is 19.5. The molecular weight excluding hydrogens is 665 g/mol. The molecule has 4 aromatic rings. The summed E-state index contributed by atoms with van der Waals surface area (Å²) in [4.78, 5) is 43.8. The molecule has 3 aliphatic heterocycles. The van der Waals surface area contributed by atoms with Crippen LogP contribution < -0.4 is 0 Å². The molecule has 0 fully saturated rings. The van der Waals surface area contributed by atoms with Crippen LogP contribution in [0.3, 0.4) is 0 Å². The smallest absolute Gasteiger partial charge is 0.199 e. The Kier molecular flexibility index (Phi) is 8.68. The van der Waals surface area contributed by atoms with Gasteiger partial charge in [0, 0.05) is 22.0 Å². The Morgan fingerprint density at radius 3 is 1.09 bits per heavy atom. The van der Waals surface area contributed by atoms with Gasteiger partial charge in [0.1, 0.15) is 0 Å². The highest BCUT2D eigenvalue weighted by Gasteiger charge is 2.59. The summed E-state index contributed by atoms with van der Waals surface area (Å²) in [6.45, 7) is 24.3. The summed E-state index contributed by atoms with van der Waals surface area (Å²) in [6, 6.07) is 30.1. The van der Waals surface area contributed by atoms with Crippen LogP contribution in [0.4, 0.5) is 0 Å². The van der Waals surface area contributed by atoms with Crippen molar-refractivity contribution in [1.29, 1.82) is 0 Å². The van der Waals surface area contributed by atoms with Crippen molar-refractivity contribution in [3.63, 3.8) is 0 Å². The number of hydrogen-bond donors (Lipinski definition) is 0. The molecule has 8 bridgehead atoms. The normalized spacial score (nSPS) is 22.2. The molecule has 2 unspecified atom stereocenters. The van der Waals surface area contributed by atoms with Crippen LogP contribution >= 0.6 is 0 Å². The largest absolute Gasteiger partial charge is 0.291 e. The molecule has 3 heterocycles. The Bertz CT molecular complexity index is 2160. The maximum absolute atomic E-state index is 15.1. The summed E-state index contributed by atoms with van der Waals surface area (Å²) in [5, 5.41) is 2.36. The van der Waals surface area contributed by atoms with Crippen LogP contribution in [0.25, 0.3) is 44.2 Å². The third-order valence-corrected chi connectivity index (χ3v) is 11.6. The number of Topliss-reactive ketones (excluding diaryl/α,β-unsaturated/α-hetero) is 2. The fraction of sp³-hybridized carbons (Fsp3) is 0.360. The van der Waals surface area contributed by atoms with Gasteiger partial charge in [-0.05, 0) is 90.4 Å². The third-order valence-electron chi connectivity index (χ3n) is 11.6. The van der Waals surface area contributed by atoms with E-state index in [0.29, 0.717) is 11.1 Å². The molecule has 2 atom stereocenters. The summed E-state index contributed by atoms with van der Waals surface area (Å²) in [7, 11) is 0. The monoisotopic (exact) mass is 718 g/mol. The summed E-state index contributed by atoms with van der Waals surface area (Å²) >= 11 is 0. The van der Waals surface area contributed by atoms with Crippen molar-refractivity contribution < 1.29 is 19.4 Å². The molecular formula is C50H54O4. The predicted molar refractivity (Wildman–Crippen MR) is 222 cm³/mol. The van der Waals surface area contributed by atoms with Gasteiger partial charge in [0.25, 0.3) is 0 Å². The summed E-state index contributed by atoms with van der Waals surface area (Å²) in [5.41, 5.74) is 3.72. The van der Waals surface area contributed by atoms with E-state index in [0.717, 1.165) is 44.5 Å². The van der Waals surface area contributed by atoms with Gasteiger partial charge in [0.05, 0.1) is 0 Å². The van der Waals surface area contributed by atoms with Crippen molar-refractivity contribution in [2.45, 2.75) is 94.3 Å². The first-order chi connectivity index (χ1) is 25.1. The second-order valence-electron chi connectivity index (χ2n) is 19.5. The molecule has 0 saturated carbocycles. The van der Waals surface area contributed by atoms with E-state index in [4.69, 9.17) is 9.78 Å². The minimum Gasteiger partial charge on any atom is -0.291 e. The Morgan fingerprint density at radius 1 is 0.444 bits per heavy atom. The molecule has 9 rings (SSSR count). The van der Waals surface area contributed by atoms with Gasteiger partial charge in [-0.3, -0.25) is 9.59 Å². The average molecular weight is 719 g/mol. The van der Waals surface area contributed by atoms with Crippen LogP contribution in [-0.4, -0.2) is 22.8 Å². The Labute approximate surface area is 321 Å². The van der Waals surface area contributed by atoms with Gasteiger partial charge < -0.3 is 0 Å². The van der Waals surface area contributed by atoms with Gasteiger partial charge in [-0.1, -0.05) is 168 Å². The van der Waals surface area contributed by atoms with E-state index in [9.17, 15) is 0 Å². The predicted octanol–water partition coefficient (Wildman–Crippen LogP) is 12.6. The summed E-state index contributed by atoms with van der Waals surface area (Å²) in [6.07, 6.45) is 7.87. The molecule has 5 aliphatic rings. The summed E-state index contributed by atoms with van der Waals surface area (Å²) in [5.74, 6) is -0.341. The number of fused-ring (bicyclic) bond motifs is 2. The first kappa shape index (κ1) is 37.7. The van der Waals surface area contributed by atoms with Crippen molar-refractivity contribution >= 4 is 33.5 Å². The van der Waals surface area contributed by atoms with Gasteiger partial charge in [-0.2, -0.15) is 0 Å². The van der Waals surface area contributed by atoms with Crippen molar-refractivity contribution in [3.8, 4) is 22.3 Å². The van der Waals surface area contributed by atoms with Crippen molar-refractivity contribution in [3.05, 3.63) is 132 Å². The highest BCUT2D eigenvalue weighted by Crippen LogP contribution is 2.52. The van der Waals surface area contributed by atoms with Crippen LogP contribution in [0.1, 0.15) is 94.2 Å². The van der Waals surface area contributed by atoms with Gasteiger partial charge in [-0.15, -0.1) is 0 Å². The molecule has 278 valence electrons. The van der Waals surface area contributed by atoms with Gasteiger partial charge in [0.15, 0.2) is 22.8 Å². The van der Waals surface area contributed by atoms with E-state index < -0.39 is 32.9 Å². The minimum atomic E-state index is -1.57. The molecule has 0 amide bonds. The van der Waals surface area contributed by atoms with Gasteiger partial charge in [0.2, 0.25) is 0 Å². The zero-order valence-corrected chi connectivity index (χ0v) is 34.0. The SMILES string of the molecule is CC(C)(C)C1=CC2=CC(C(C)(C)C)(OOC3(C(C)(C)C)C=C(C=C(C(C)(C)C)C3=O)c3ccc(cc3)-c3cccc4cccc(c34)-c3ccc2cc3)C1=O. The molecule has 54 heavy (non-hydrogen) atoms. The first-order valence-corrected chi connectivity index (χ1v) is 19.2. The minimum absolute atomic E-state index is 0.171. The van der Waals surface area contributed by atoms with E-state index in [1.54, 1.807) is 0 Å². The molecule has 0 saturated heterocycles. The number of hydrogen-bond acceptors (Lipinski definition) is 4. The molecule has 4 nitrogen and oxygen atoms in total. The van der Waals surface area contributed by atoms with E-state index in [2.05, 4.69) is 126 Å². The fourth-order valence-corrected chi connectivity index (χ4v) is 8.07. The van der Waals surface area contributed by atoms with Crippen LogP contribution in [-0.2, 0) is 19.4 Å². The lowest BCUT2D eigenvalue weighted by Crippen LogP contribution is -2.59. The van der Waals surface area contributed by atoms with Crippen LogP contribution in [0.15, 0.2) is 120 Å². The maximum atomic E-state index is 15.1. The highest BCUT2D eigenvalue weighted by atomic mass is 17.2. The lowest BCUT2D eigenvalue weighted by Gasteiger charge is -2.49. The number of carbonyl (C=O) groups is 2. The Balaban J connectivity index is 1.58. The Morgan fingerprint density at radius 2 is 0.778 bits per heavy atom. The topological polar surface area (TPSA) is 52.6 Å². The lowest BCUT2D eigenvalue weighted by molar-refractivity contribution is -0.401. The van der Waals surface area contributed by atoms with Crippen LogP contribution in [0.5, 0.6) is 0 Å². The highest BCUT2D eigenvalue weighted by molar-refractivity contribution is 6.12. The van der Waals surface area contributed by atoms with Crippen LogP contribution in [0.2, 0.25) is 0 Å². The zero-order chi connectivity index (χ0) is 39.2. The standard InChI is InChI=1S/C50H54O4/c1-45(2,3)40-27-36-29-49(43(40)51,47(7,8)9)53-54-50(48(10,11)12)30-37(28-41(44(50)52)46(4,5)6)32-21-25-34(26-22-32)39-18-14-16-35-15-13-17-38(42(35)39)33-23-19-31(36)20-24-33/h13-30H,1-12H3. The zero-order valence-electron chi connectivity index (χ0n) is 34.0. The maximum Gasteiger partial charge on any atom is 0.199 e. The van der Waals surface area contributed by atoms with E-state index in [1.807, 2.05) is 65.8 Å². The van der Waals surface area contributed by atoms with E-state index >= 15 is 9.59 Å². The number of benzene rings is 4. The molecule has 0 radical (unpaired) electrons. The second kappa shape index (κ2) is 12.4. The molecule has 0 aromatic heterocycles. The Hall–Kier alpha value is -4.64. The molecule has 4 heteroatoms. The molecule has 2 aliphatic carbocycles. The quantitative estimate of drug-likeness (QED) is 0.170. The summed E-state index contributed by atoms with van der Waals surface area (Å²) < 4.78 is 0. The van der Waals surface area contributed by atoms with Gasteiger partial charge in [-0.25, -0.2) is 9.78 Å². The third kappa shape index (κ3) is 5.99. The van der Waals surface area contributed by atoms with E-state index in [1.165, 1.54) is 10.8 Å². The van der Waals surface area contributed by atoms with Gasteiger partial charge >= 0.3 is 0 Å². The fourth-order valence-electron chi connectivity index (χ4n) is 8.07. The number of rotatable bonds is 0. The average Bonchev–Trinajstić information content (AvgIpc) is 3.09. The first-order valence-electron chi connectivity index (χ1n) is 19.2. The van der Waals surface area contributed by atoms with Crippen molar-refractivity contribution in [2.75, 3.05) is 0 Å².